The zero-order valence-electron chi connectivity index (χ0n) is 11.4. The van der Waals surface area contributed by atoms with Crippen LogP contribution in [0, 0.1) is 0 Å². The minimum absolute atomic E-state index is 0. The molecule has 0 aromatic heterocycles. The van der Waals surface area contributed by atoms with E-state index in [1.165, 1.54) is 0 Å². The van der Waals surface area contributed by atoms with Crippen LogP contribution >= 0.6 is 0 Å². The van der Waals surface area contributed by atoms with E-state index in [-0.39, 0.29) is 31.0 Å². The molecule has 0 amide bonds. The molecule has 0 saturated heterocycles. The van der Waals surface area contributed by atoms with E-state index in [4.69, 9.17) is 15.3 Å². The van der Waals surface area contributed by atoms with Gasteiger partial charge in [-0.1, -0.05) is 0 Å². The molecule has 20 heavy (non-hydrogen) atoms. The summed E-state index contributed by atoms with van der Waals surface area (Å²) >= 11 is 0. The van der Waals surface area contributed by atoms with Crippen LogP contribution in [0.1, 0.15) is 22.1 Å². The first-order chi connectivity index (χ1) is 8.77. The first-order valence-corrected chi connectivity index (χ1v) is 6.30. The number of carboxylic acid groups (broad SMARTS) is 2. The molecule has 8 nitrogen and oxygen atoms in total. The van der Waals surface area contributed by atoms with Crippen LogP contribution in [0.4, 0.5) is 0 Å². The average molecular weight is 314 g/mol. The van der Waals surface area contributed by atoms with Crippen molar-refractivity contribution in [2.24, 2.45) is 0 Å². The van der Waals surface area contributed by atoms with Gasteiger partial charge in [0, 0.05) is 0 Å². The van der Waals surface area contributed by atoms with Crippen molar-refractivity contribution >= 4 is 22.1 Å². The number of rotatable bonds is 6. The van der Waals surface area contributed by atoms with Crippen molar-refractivity contribution in [3.05, 3.63) is 29.3 Å². The molecule has 0 atom stereocenters. The largest absolute Gasteiger partial charge is 1.00 e. The van der Waals surface area contributed by atoms with Gasteiger partial charge < -0.3 is 16.7 Å². The number of hydrogen-bond donors (Lipinski definition) is 3. The van der Waals surface area contributed by atoms with Gasteiger partial charge in [-0.2, -0.15) is 8.42 Å². The molecule has 10 heteroatoms. The first kappa shape index (κ1) is 19.0. The number of carbonyl (C=O) groups is 2. The van der Waals surface area contributed by atoms with Crippen LogP contribution in [-0.2, 0) is 14.3 Å². The molecule has 0 radical (unpaired) electrons. The topological polar surface area (TPSA) is 138 Å². The van der Waals surface area contributed by atoms with Gasteiger partial charge >= 0.3 is 41.5 Å². The summed E-state index contributed by atoms with van der Waals surface area (Å²) in [5, 5.41) is 26.1. The number of carboxylic acids is 2. The molecule has 0 aliphatic carbocycles. The quantitative estimate of drug-likeness (QED) is 0.371. The molecular weight excluding hydrogens is 303 g/mol. The average Bonchev–Trinajstić information content (AvgIpc) is 2.35. The second-order valence-corrected chi connectivity index (χ2v) is 4.97. The van der Waals surface area contributed by atoms with Crippen LogP contribution in [0.3, 0.4) is 0 Å². The summed E-state index contributed by atoms with van der Waals surface area (Å²) in [4.78, 5) is 21.0. The third kappa shape index (κ3) is 4.85. The molecular formula is C10H11NaO8S. The Kier molecular flexibility index (Phi) is 7.34. The Bertz CT molecular complexity index is 583. The van der Waals surface area contributed by atoms with Crippen molar-refractivity contribution in [3.63, 3.8) is 0 Å². The zero-order valence-corrected chi connectivity index (χ0v) is 13.3. The van der Waals surface area contributed by atoms with E-state index in [0.29, 0.717) is 0 Å². The van der Waals surface area contributed by atoms with E-state index in [9.17, 15) is 18.0 Å². The van der Waals surface area contributed by atoms with Crippen molar-refractivity contribution in [1.29, 1.82) is 0 Å². The summed E-state index contributed by atoms with van der Waals surface area (Å²) in [6.45, 7) is -1.06. The fourth-order valence-electron chi connectivity index (χ4n) is 1.21. The summed E-state index contributed by atoms with van der Waals surface area (Å²) in [6, 6.07) is 2.39. The molecule has 0 fully saturated rings. The van der Waals surface area contributed by atoms with E-state index in [2.05, 4.69) is 4.18 Å². The molecule has 106 valence electrons. The first-order valence-electron chi connectivity index (χ1n) is 4.90. The maximum atomic E-state index is 11.6. The van der Waals surface area contributed by atoms with E-state index in [1.54, 1.807) is 0 Å². The van der Waals surface area contributed by atoms with Crippen LogP contribution in [0.5, 0.6) is 0 Å². The molecule has 3 N–H and O–H groups in total. The Labute approximate surface area is 137 Å². The molecule has 0 unspecified atom stereocenters. The fraction of sp³-hybridized carbons (Fsp3) is 0.200. The molecule has 1 aromatic carbocycles. The summed E-state index contributed by atoms with van der Waals surface area (Å²) in [7, 11) is -4.32. The van der Waals surface area contributed by atoms with Gasteiger partial charge in [-0.25, -0.2) is 9.59 Å². The van der Waals surface area contributed by atoms with E-state index in [0.717, 1.165) is 18.2 Å². The number of aliphatic hydroxyl groups is 1. The van der Waals surface area contributed by atoms with E-state index in [1.807, 2.05) is 0 Å². The van der Waals surface area contributed by atoms with Crippen molar-refractivity contribution in [2.75, 3.05) is 13.2 Å². The van der Waals surface area contributed by atoms with Gasteiger partial charge in [0.2, 0.25) is 0 Å². The van der Waals surface area contributed by atoms with Crippen molar-refractivity contribution < 1.29 is 68.5 Å². The number of aromatic carboxylic acids is 2. The molecule has 1 rings (SSSR count). The van der Waals surface area contributed by atoms with Crippen LogP contribution < -0.4 is 29.6 Å². The molecule has 1 aromatic rings. The molecule has 0 heterocycles. The minimum atomic E-state index is -4.32. The van der Waals surface area contributed by atoms with Gasteiger partial charge in [0.15, 0.2) is 0 Å². The smallest absolute Gasteiger partial charge is 1.00 e. The summed E-state index contributed by atoms with van der Waals surface area (Å²) in [5.74, 6) is -2.94. The maximum absolute atomic E-state index is 11.6. The normalized spacial score (nSPS) is 10.7. The fourth-order valence-corrected chi connectivity index (χ4v) is 2.18. The standard InChI is InChI=1S/C10H10O8S.Na.H/c11-1-2-18-19(16,17)8-4-6(9(12)13)3-7(5-8)10(14)15;;/h3-5,11H,1-2H2,(H,12,13)(H,14,15);;/q;+1;-1. The number of benzene rings is 1. The molecule has 0 bridgehead atoms. The molecule has 0 aliphatic rings. The second kappa shape index (κ2) is 7.72. The number of hydrogen-bond acceptors (Lipinski definition) is 6. The van der Waals surface area contributed by atoms with Gasteiger partial charge in [0.05, 0.1) is 29.2 Å². The van der Waals surface area contributed by atoms with Gasteiger partial charge in [-0.15, -0.1) is 0 Å². The Morgan fingerprint density at radius 2 is 1.55 bits per heavy atom. The van der Waals surface area contributed by atoms with E-state index >= 15 is 0 Å². The zero-order chi connectivity index (χ0) is 14.6. The van der Waals surface area contributed by atoms with Crippen molar-refractivity contribution in [3.8, 4) is 0 Å². The second-order valence-electron chi connectivity index (χ2n) is 3.36. The monoisotopic (exact) mass is 314 g/mol. The minimum Gasteiger partial charge on any atom is -1.00 e. The van der Waals surface area contributed by atoms with Gasteiger partial charge in [0.1, 0.15) is 0 Å². The predicted octanol–water partition coefficient (Wildman–Crippen LogP) is -3.10. The Morgan fingerprint density at radius 3 is 1.90 bits per heavy atom. The van der Waals surface area contributed by atoms with Gasteiger partial charge in [-0.05, 0) is 18.2 Å². The predicted molar refractivity (Wildman–Crippen MR) is 61.7 cm³/mol. The SMILES string of the molecule is O=C(O)c1cc(C(=O)O)cc(S(=O)(=O)OCCO)c1.[H-].[Na+]. The Morgan fingerprint density at radius 1 is 1.10 bits per heavy atom. The summed E-state index contributed by atoms with van der Waals surface area (Å²) < 4.78 is 27.6. The van der Waals surface area contributed by atoms with Crippen molar-refractivity contribution in [1.82, 2.24) is 0 Å². The van der Waals surface area contributed by atoms with Crippen LogP contribution in [0.25, 0.3) is 0 Å². The third-order valence-corrected chi connectivity index (χ3v) is 3.31. The van der Waals surface area contributed by atoms with Gasteiger partial charge in [0.25, 0.3) is 10.1 Å². The Hall–Kier alpha value is -0.970. The van der Waals surface area contributed by atoms with Crippen LogP contribution in [0.15, 0.2) is 23.1 Å². The van der Waals surface area contributed by atoms with Crippen LogP contribution in [-0.4, -0.2) is 48.9 Å². The summed E-state index contributed by atoms with van der Waals surface area (Å²) in [6.07, 6.45) is 0. The summed E-state index contributed by atoms with van der Waals surface area (Å²) in [5.41, 5.74) is -0.989. The molecule has 0 aliphatic heterocycles. The third-order valence-electron chi connectivity index (χ3n) is 2.02. The molecule has 0 saturated carbocycles. The van der Waals surface area contributed by atoms with E-state index < -0.39 is 51.3 Å². The van der Waals surface area contributed by atoms with Crippen LogP contribution in [0.2, 0.25) is 0 Å². The van der Waals surface area contributed by atoms with Gasteiger partial charge in [-0.3, -0.25) is 4.18 Å². The Balaban J connectivity index is 0. The molecule has 0 spiro atoms. The van der Waals surface area contributed by atoms with Crippen molar-refractivity contribution in [2.45, 2.75) is 4.90 Å². The maximum Gasteiger partial charge on any atom is 1.00 e. The number of aliphatic hydroxyl groups excluding tert-OH is 1.